The SMILES string of the molecule is CN1CCN(c2ccccc2-c2ccc(C(=O)ONc3ccc(Cl)cc3)o2)CC1. The molecule has 0 aliphatic carbocycles. The van der Waals surface area contributed by atoms with Gasteiger partial charge in [0.2, 0.25) is 5.76 Å². The zero-order valence-electron chi connectivity index (χ0n) is 16.1. The number of benzene rings is 2. The van der Waals surface area contributed by atoms with Gasteiger partial charge in [0.25, 0.3) is 0 Å². The molecule has 0 atom stereocenters. The molecule has 150 valence electrons. The van der Waals surface area contributed by atoms with E-state index in [2.05, 4.69) is 28.4 Å². The maximum absolute atomic E-state index is 12.3. The molecule has 3 aromatic rings. The van der Waals surface area contributed by atoms with Gasteiger partial charge < -0.3 is 19.1 Å². The van der Waals surface area contributed by atoms with Gasteiger partial charge in [-0.25, -0.2) is 10.3 Å². The van der Waals surface area contributed by atoms with E-state index < -0.39 is 5.97 Å². The summed E-state index contributed by atoms with van der Waals surface area (Å²) in [6.07, 6.45) is 0. The molecule has 1 fully saturated rings. The molecule has 1 aliphatic rings. The lowest BCUT2D eigenvalue weighted by Crippen LogP contribution is -2.44. The van der Waals surface area contributed by atoms with Crippen molar-refractivity contribution in [2.24, 2.45) is 0 Å². The second-order valence-electron chi connectivity index (χ2n) is 6.97. The summed E-state index contributed by atoms with van der Waals surface area (Å²) >= 11 is 5.85. The fourth-order valence-corrected chi connectivity index (χ4v) is 3.40. The van der Waals surface area contributed by atoms with Crippen molar-refractivity contribution in [1.82, 2.24) is 4.90 Å². The number of halogens is 1. The fraction of sp³-hybridized carbons (Fsp3) is 0.227. The number of likely N-dealkylation sites (N-methyl/N-ethyl adjacent to an activating group) is 1. The summed E-state index contributed by atoms with van der Waals surface area (Å²) in [5, 5.41) is 0.608. The Bertz CT molecular complexity index is 979. The minimum atomic E-state index is -0.594. The minimum absolute atomic E-state index is 0.134. The number of piperazine rings is 1. The molecule has 7 heteroatoms. The van der Waals surface area contributed by atoms with Crippen LogP contribution in [0.2, 0.25) is 5.02 Å². The van der Waals surface area contributed by atoms with E-state index in [-0.39, 0.29) is 5.76 Å². The smallest absolute Gasteiger partial charge is 0.398 e. The van der Waals surface area contributed by atoms with Crippen LogP contribution in [0.4, 0.5) is 11.4 Å². The van der Waals surface area contributed by atoms with Gasteiger partial charge in [0.1, 0.15) is 5.76 Å². The van der Waals surface area contributed by atoms with Crippen LogP contribution in [0.1, 0.15) is 10.6 Å². The van der Waals surface area contributed by atoms with Crippen molar-refractivity contribution in [1.29, 1.82) is 0 Å². The van der Waals surface area contributed by atoms with Crippen LogP contribution in [-0.2, 0) is 4.84 Å². The zero-order valence-corrected chi connectivity index (χ0v) is 16.9. The largest absolute Gasteiger partial charge is 0.449 e. The molecule has 1 aromatic heterocycles. The summed E-state index contributed by atoms with van der Waals surface area (Å²) < 4.78 is 5.82. The monoisotopic (exact) mass is 411 g/mol. The Hall–Kier alpha value is -2.96. The van der Waals surface area contributed by atoms with Crippen LogP contribution in [0.15, 0.2) is 65.1 Å². The minimum Gasteiger partial charge on any atom is -0.449 e. The van der Waals surface area contributed by atoms with E-state index in [4.69, 9.17) is 20.9 Å². The number of para-hydroxylation sites is 1. The third-order valence-electron chi connectivity index (χ3n) is 4.93. The molecule has 0 saturated carbocycles. The van der Waals surface area contributed by atoms with E-state index in [0.29, 0.717) is 16.5 Å². The number of anilines is 2. The first-order valence-corrected chi connectivity index (χ1v) is 9.83. The van der Waals surface area contributed by atoms with E-state index in [1.54, 1.807) is 36.4 Å². The number of hydrogen-bond acceptors (Lipinski definition) is 6. The number of nitrogens with zero attached hydrogens (tertiary/aromatic N) is 2. The molecule has 2 aromatic carbocycles. The number of carbonyl (C=O) groups is 1. The van der Waals surface area contributed by atoms with Gasteiger partial charge in [-0.15, -0.1) is 0 Å². The average Bonchev–Trinajstić information content (AvgIpc) is 3.24. The van der Waals surface area contributed by atoms with E-state index in [1.165, 1.54) is 0 Å². The molecule has 4 rings (SSSR count). The summed E-state index contributed by atoms with van der Waals surface area (Å²) in [5.41, 5.74) is 5.29. The summed E-state index contributed by atoms with van der Waals surface area (Å²) in [6.45, 7) is 3.93. The molecule has 0 amide bonds. The lowest BCUT2D eigenvalue weighted by Gasteiger charge is -2.34. The van der Waals surface area contributed by atoms with Crippen molar-refractivity contribution in [3.05, 3.63) is 71.4 Å². The van der Waals surface area contributed by atoms with E-state index in [0.717, 1.165) is 37.4 Å². The Morgan fingerprint density at radius 3 is 2.48 bits per heavy atom. The maximum Gasteiger partial charge on any atom is 0.398 e. The Morgan fingerprint density at radius 2 is 1.72 bits per heavy atom. The predicted octanol–water partition coefficient (Wildman–Crippen LogP) is 4.54. The molecule has 0 radical (unpaired) electrons. The maximum atomic E-state index is 12.3. The molecular formula is C22H22ClN3O3. The number of rotatable bonds is 5. The second kappa shape index (κ2) is 8.59. The summed E-state index contributed by atoms with van der Waals surface area (Å²) in [4.78, 5) is 22.1. The van der Waals surface area contributed by atoms with Gasteiger partial charge in [-0.2, -0.15) is 0 Å². The number of nitrogens with one attached hydrogen (secondary N) is 1. The van der Waals surface area contributed by atoms with E-state index >= 15 is 0 Å². The molecule has 2 heterocycles. The summed E-state index contributed by atoms with van der Waals surface area (Å²) in [6, 6.07) is 18.4. The van der Waals surface area contributed by atoms with Crippen LogP contribution in [0.25, 0.3) is 11.3 Å². The first kappa shape index (κ1) is 19.4. The van der Waals surface area contributed by atoms with Crippen molar-refractivity contribution < 1.29 is 14.0 Å². The standard InChI is InChI=1S/C22H22ClN3O3/c1-25-12-14-26(15-13-25)19-5-3-2-4-18(19)20-10-11-21(28-20)22(27)29-24-17-8-6-16(23)7-9-17/h2-11,24H,12-15H2,1H3. The predicted molar refractivity (Wildman–Crippen MR) is 114 cm³/mol. The van der Waals surface area contributed by atoms with Crippen LogP contribution in [0.5, 0.6) is 0 Å². The highest BCUT2D eigenvalue weighted by molar-refractivity contribution is 6.30. The van der Waals surface area contributed by atoms with Crippen molar-refractivity contribution in [3.8, 4) is 11.3 Å². The average molecular weight is 412 g/mol. The molecule has 6 nitrogen and oxygen atoms in total. The quantitative estimate of drug-likeness (QED) is 0.622. The lowest BCUT2D eigenvalue weighted by molar-refractivity contribution is 0.0562. The number of carbonyl (C=O) groups excluding carboxylic acids is 1. The molecule has 1 saturated heterocycles. The second-order valence-corrected chi connectivity index (χ2v) is 7.41. The molecule has 0 bridgehead atoms. The molecule has 29 heavy (non-hydrogen) atoms. The van der Waals surface area contributed by atoms with Crippen LogP contribution in [-0.4, -0.2) is 44.1 Å². The van der Waals surface area contributed by atoms with Crippen LogP contribution >= 0.6 is 11.6 Å². The van der Waals surface area contributed by atoms with Gasteiger partial charge in [-0.05, 0) is 55.6 Å². The van der Waals surface area contributed by atoms with Gasteiger partial charge in [-0.3, -0.25) is 0 Å². The van der Waals surface area contributed by atoms with E-state index in [9.17, 15) is 4.79 Å². The van der Waals surface area contributed by atoms with Crippen molar-refractivity contribution >= 4 is 28.9 Å². The van der Waals surface area contributed by atoms with Crippen molar-refractivity contribution in [3.63, 3.8) is 0 Å². The van der Waals surface area contributed by atoms with Gasteiger partial charge >= 0.3 is 5.97 Å². The zero-order chi connectivity index (χ0) is 20.2. The highest BCUT2D eigenvalue weighted by atomic mass is 35.5. The lowest BCUT2D eigenvalue weighted by atomic mass is 10.1. The van der Waals surface area contributed by atoms with E-state index in [1.807, 2.05) is 18.2 Å². The van der Waals surface area contributed by atoms with Crippen molar-refractivity contribution in [2.45, 2.75) is 0 Å². The summed E-state index contributed by atoms with van der Waals surface area (Å²) in [7, 11) is 2.13. The van der Waals surface area contributed by atoms with Gasteiger partial charge in [0.05, 0.1) is 5.69 Å². The molecular weight excluding hydrogens is 390 g/mol. The normalized spacial score (nSPS) is 14.6. The summed E-state index contributed by atoms with van der Waals surface area (Å²) in [5.74, 6) is 0.177. The molecule has 1 aliphatic heterocycles. The Labute approximate surface area is 174 Å². The Kier molecular flexibility index (Phi) is 5.74. The van der Waals surface area contributed by atoms with Crippen LogP contribution < -0.4 is 10.4 Å². The third kappa shape index (κ3) is 4.55. The van der Waals surface area contributed by atoms with Gasteiger partial charge in [-0.1, -0.05) is 23.7 Å². The Balaban J connectivity index is 1.47. The fourth-order valence-electron chi connectivity index (χ4n) is 3.27. The van der Waals surface area contributed by atoms with Gasteiger partial charge in [0.15, 0.2) is 0 Å². The van der Waals surface area contributed by atoms with Crippen LogP contribution in [0, 0.1) is 0 Å². The van der Waals surface area contributed by atoms with Crippen LogP contribution in [0.3, 0.4) is 0 Å². The topological polar surface area (TPSA) is 58.0 Å². The van der Waals surface area contributed by atoms with Crippen molar-refractivity contribution in [2.75, 3.05) is 43.6 Å². The first-order chi connectivity index (χ1) is 14.1. The molecule has 1 N–H and O–H groups in total. The third-order valence-corrected chi connectivity index (χ3v) is 5.18. The van der Waals surface area contributed by atoms with Gasteiger partial charge in [0, 0.05) is 42.5 Å². The molecule has 0 spiro atoms. The molecule has 0 unspecified atom stereocenters. The first-order valence-electron chi connectivity index (χ1n) is 9.45. The number of hydrogen-bond donors (Lipinski definition) is 1. The highest BCUT2D eigenvalue weighted by Gasteiger charge is 2.20. The highest BCUT2D eigenvalue weighted by Crippen LogP contribution is 2.32. The Morgan fingerprint density at radius 1 is 1.00 bits per heavy atom. The number of furan rings is 1.